The molecule has 9 heteroatoms. The molecule has 1 aromatic heterocycles. The van der Waals surface area contributed by atoms with Crippen LogP contribution in [0.3, 0.4) is 0 Å². The van der Waals surface area contributed by atoms with E-state index in [9.17, 15) is 13.2 Å². The van der Waals surface area contributed by atoms with Gasteiger partial charge >= 0.3 is 0 Å². The molecule has 1 aromatic carbocycles. The van der Waals surface area contributed by atoms with Crippen molar-refractivity contribution in [3.8, 4) is 16.3 Å². The molecule has 1 atom stereocenters. The monoisotopic (exact) mass is 449 g/mol. The highest BCUT2D eigenvalue weighted by Crippen LogP contribution is 2.32. The molecule has 0 N–H and O–H groups in total. The van der Waals surface area contributed by atoms with E-state index < -0.39 is 9.84 Å². The topological polar surface area (TPSA) is 79.8 Å². The molecule has 0 spiro atoms. The minimum atomic E-state index is -2.88. The van der Waals surface area contributed by atoms with Gasteiger partial charge in [0.25, 0.3) is 0 Å². The van der Waals surface area contributed by atoms with Crippen LogP contribution in [0.4, 0.5) is 0 Å². The zero-order valence-corrected chi connectivity index (χ0v) is 18.8. The molecule has 2 aliphatic rings. The third kappa shape index (κ3) is 4.84. The fourth-order valence-electron chi connectivity index (χ4n) is 4.10. The van der Waals surface area contributed by atoms with Crippen LogP contribution in [0.2, 0.25) is 0 Å². The Kier molecular flexibility index (Phi) is 6.40. The van der Waals surface area contributed by atoms with E-state index in [2.05, 4.69) is 9.88 Å². The molecule has 3 heterocycles. The molecular weight excluding hydrogens is 422 g/mol. The molecule has 1 unspecified atom stereocenters. The summed E-state index contributed by atoms with van der Waals surface area (Å²) in [4.78, 5) is 21.5. The number of thiazole rings is 1. The van der Waals surface area contributed by atoms with Crippen LogP contribution in [0.5, 0.6) is 5.75 Å². The van der Waals surface area contributed by atoms with Gasteiger partial charge < -0.3 is 9.64 Å². The zero-order chi connectivity index (χ0) is 21.1. The van der Waals surface area contributed by atoms with E-state index in [0.717, 1.165) is 35.1 Å². The summed E-state index contributed by atoms with van der Waals surface area (Å²) in [5.74, 6) is 1.42. The molecule has 0 radical (unpaired) electrons. The quantitative estimate of drug-likeness (QED) is 0.672. The predicted molar refractivity (Wildman–Crippen MR) is 118 cm³/mol. The van der Waals surface area contributed by atoms with Crippen molar-refractivity contribution in [3.05, 3.63) is 35.3 Å². The van der Waals surface area contributed by atoms with Crippen LogP contribution >= 0.6 is 11.3 Å². The number of para-hydroxylation sites is 1. The van der Waals surface area contributed by atoms with Crippen LogP contribution in [0.1, 0.15) is 19.0 Å². The number of sulfone groups is 1. The van der Waals surface area contributed by atoms with Crippen molar-refractivity contribution in [1.29, 1.82) is 0 Å². The number of nitrogens with zero attached hydrogens (tertiary/aromatic N) is 3. The van der Waals surface area contributed by atoms with Crippen LogP contribution in [0.15, 0.2) is 29.6 Å². The fraction of sp³-hybridized carbons (Fsp3) is 0.524. The van der Waals surface area contributed by atoms with Gasteiger partial charge in [0.05, 0.1) is 35.8 Å². The third-order valence-electron chi connectivity index (χ3n) is 5.69. The largest absolute Gasteiger partial charge is 0.493 e. The number of hydrogen-bond acceptors (Lipinski definition) is 7. The van der Waals surface area contributed by atoms with Gasteiger partial charge in [0.1, 0.15) is 10.8 Å². The Hall–Kier alpha value is -1.97. The van der Waals surface area contributed by atoms with E-state index in [1.807, 2.05) is 41.5 Å². The van der Waals surface area contributed by atoms with Gasteiger partial charge in [-0.25, -0.2) is 13.4 Å². The highest BCUT2D eigenvalue weighted by Gasteiger charge is 2.34. The van der Waals surface area contributed by atoms with Crippen molar-refractivity contribution in [2.24, 2.45) is 0 Å². The first-order valence-corrected chi connectivity index (χ1v) is 13.0. The predicted octanol–water partition coefficient (Wildman–Crippen LogP) is 2.08. The molecule has 1 amide bonds. The summed E-state index contributed by atoms with van der Waals surface area (Å²) in [5, 5.41) is 2.80. The van der Waals surface area contributed by atoms with Gasteiger partial charge in [-0.3, -0.25) is 9.69 Å². The van der Waals surface area contributed by atoms with E-state index in [1.54, 1.807) is 0 Å². The highest BCUT2D eigenvalue weighted by molar-refractivity contribution is 7.91. The van der Waals surface area contributed by atoms with Crippen molar-refractivity contribution in [2.75, 3.05) is 44.3 Å². The third-order valence-corrected chi connectivity index (χ3v) is 8.37. The summed E-state index contributed by atoms with van der Waals surface area (Å²) in [6.45, 7) is 5.28. The van der Waals surface area contributed by atoms with E-state index >= 15 is 0 Å². The van der Waals surface area contributed by atoms with Crippen molar-refractivity contribution in [1.82, 2.24) is 14.8 Å². The number of rotatable bonds is 6. The van der Waals surface area contributed by atoms with Gasteiger partial charge in [-0.1, -0.05) is 12.1 Å². The zero-order valence-electron chi connectivity index (χ0n) is 17.1. The van der Waals surface area contributed by atoms with E-state index in [4.69, 9.17) is 4.74 Å². The lowest BCUT2D eigenvalue weighted by Gasteiger charge is -2.37. The summed E-state index contributed by atoms with van der Waals surface area (Å²) in [6.07, 6.45) is 0.992. The Morgan fingerprint density at radius 1 is 1.23 bits per heavy atom. The molecule has 0 saturated carbocycles. The minimum absolute atomic E-state index is 0.0728. The summed E-state index contributed by atoms with van der Waals surface area (Å²) in [6, 6.07) is 7.92. The molecule has 0 bridgehead atoms. The summed E-state index contributed by atoms with van der Waals surface area (Å²) >= 11 is 1.52. The van der Waals surface area contributed by atoms with Crippen LogP contribution in [-0.4, -0.2) is 79.4 Å². The second kappa shape index (κ2) is 9.03. The number of ether oxygens (including phenoxy) is 1. The summed E-state index contributed by atoms with van der Waals surface area (Å²) in [5.41, 5.74) is 1.72. The first-order chi connectivity index (χ1) is 14.4. The molecule has 2 fully saturated rings. The normalized spacial score (nSPS) is 21.6. The number of amides is 1. The second-order valence-electron chi connectivity index (χ2n) is 7.72. The van der Waals surface area contributed by atoms with Gasteiger partial charge in [0, 0.05) is 37.6 Å². The van der Waals surface area contributed by atoms with Crippen LogP contribution in [0.25, 0.3) is 10.6 Å². The number of carbonyl (C=O) groups is 1. The van der Waals surface area contributed by atoms with Crippen molar-refractivity contribution >= 4 is 27.1 Å². The van der Waals surface area contributed by atoms with Crippen molar-refractivity contribution < 1.29 is 17.9 Å². The Labute approximate surface area is 181 Å². The number of piperazine rings is 1. The van der Waals surface area contributed by atoms with Crippen molar-refractivity contribution in [2.45, 2.75) is 25.8 Å². The Morgan fingerprint density at radius 2 is 2.00 bits per heavy atom. The van der Waals surface area contributed by atoms with Gasteiger partial charge in [-0.2, -0.15) is 0 Å². The van der Waals surface area contributed by atoms with Crippen LogP contribution < -0.4 is 4.74 Å². The van der Waals surface area contributed by atoms with Gasteiger partial charge in [-0.15, -0.1) is 11.3 Å². The first kappa shape index (κ1) is 21.3. The standard InChI is InChI=1S/C21H27N3O4S2/c1-2-28-19-6-4-3-5-18(19)21-22-16(14-29-21)13-20(25)24-10-8-23(9-11-24)17-7-12-30(26,27)15-17/h3-6,14,17H,2,7-13,15H2,1H3. The van der Waals surface area contributed by atoms with E-state index in [1.165, 1.54) is 11.3 Å². The molecule has 162 valence electrons. The minimum Gasteiger partial charge on any atom is -0.493 e. The second-order valence-corrected chi connectivity index (χ2v) is 10.8. The average Bonchev–Trinajstić information content (AvgIpc) is 3.35. The number of hydrogen-bond donors (Lipinski definition) is 0. The summed E-state index contributed by atoms with van der Waals surface area (Å²) < 4.78 is 29.1. The molecule has 30 heavy (non-hydrogen) atoms. The maximum absolute atomic E-state index is 12.8. The Balaban J connectivity index is 1.33. The van der Waals surface area contributed by atoms with Crippen LogP contribution in [-0.2, 0) is 21.1 Å². The molecule has 4 rings (SSSR count). The maximum atomic E-state index is 12.8. The molecule has 2 aliphatic heterocycles. The lowest BCUT2D eigenvalue weighted by Crippen LogP contribution is -2.52. The van der Waals surface area contributed by atoms with Gasteiger partial charge in [0.15, 0.2) is 9.84 Å². The number of carbonyl (C=O) groups excluding carboxylic acids is 1. The molecule has 2 saturated heterocycles. The molecule has 0 aliphatic carbocycles. The smallest absolute Gasteiger partial charge is 0.228 e. The molecule has 2 aromatic rings. The molecule has 7 nitrogen and oxygen atoms in total. The van der Waals surface area contributed by atoms with Gasteiger partial charge in [0.2, 0.25) is 5.91 Å². The SMILES string of the molecule is CCOc1ccccc1-c1nc(CC(=O)N2CCN(C3CCS(=O)(=O)C3)CC2)cs1. The van der Waals surface area contributed by atoms with Gasteiger partial charge in [-0.05, 0) is 25.5 Å². The summed E-state index contributed by atoms with van der Waals surface area (Å²) in [7, 11) is -2.88. The number of aromatic nitrogens is 1. The highest BCUT2D eigenvalue weighted by atomic mass is 32.2. The van der Waals surface area contributed by atoms with Crippen molar-refractivity contribution in [3.63, 3.8) is 0 Å². The van der Waals surface area contributed by atoms with E-state index in [-0.39, 0.29) is 29.9 Å². The lowest BCUT2D eigenvalue weighted by molar-refractivity contribution is -0.132. The average molecular weight is 450 g/mol. The maximum Gasteiger partial charge on any atom is 0.228 e. The number of benzene rings is 1. The lowest BCUT2D eigenvalue weighted by atomic mass is 10.2. The fourth-order valence-corrected chi connectivity index (χ4v) is 6.71. The Bertz CT molecular complexity index is 997. The Morgan fingerprint density at radius 3 is 2.70 bits per heavy atom. The molecular formula is C21H27N3O4S2. The van der Waals surface area contributed by atoms with E-state index in [0.29, 0.717) is 26.1 Å². The van der Waals surface area contributed by atoms with Crippen LogP contribution in [0, 0.1) is 0 Å². The first-order valence-electron chi connectivity index (χ1n) is 10.3.